The van der Waals surface area contributed by atoms with Gasteiger partial charge in [-0.2, -0.15) is 0 Å². The number of amides is 1. The van der Waals surface area contributed by atoms with Crippen LogP contribution in [0.5, 0.6) is 5.75 Å². The zero-order valence-electron chi connectivity index (χ0n) is 15.8. The van der Waals surface area contributed by atoms with Gasteiger partial charge in [-0.15, -0.1) is 0 Å². The molecule has 0 aliphatic heterocycles. The van der Waals surface area contributed by atoms with Crippen molar-refractivity contribution < 1.29 is 18.7 Å². The highest BCUT2D eigenvalue weighted by Gasteiger charge is 2.21. The SMILES string of the molecule is CC(=O)c1ccc(NC(=O)c2oc3ccccc3c2COc2ccccc2)cc1. The summed E-state index contributed by atoms with van der Waals surface area (Å²) in [4.78, 5) is 24.3. The van der Waals surface area contributed by atoms with Gasteiger partial charge < -0.3 is 14.5 Å². The van der Waals surface area contributed by atoms with Crippen LogP contribution in [0.2, 0.25) is 0 Å². The number of carbonyl (C=O) groups is 2. The Morgan fingerprint density at radius 1 is 0.897 bits per heavy atom. The monoisotopic (exact) mass is 385 g/mol. The molecule has 29 heavy (non-hydrogen) atoms. The molecule has 0 bridgehead atoms. The molecule has 0 aliphatic rings. The number of Topliss-reactive ketones (excluding diaryl/α,β-unsaturated/α-hetero) is 1. The van der Waals surface area contributed by atoms with E-state index in [1.165, 1.54) is 6.92 Å². The number of hydrogen-bond acceptors (Lipinski definition) is 4. The van der Waals surface area contributed by atoms with Crippen LogP contribution >= 0.6 is 0 Å². The molecule has 0 atom stereocenters. The maximum absolute atomic E-state index is 12.9. The molecule has 144 valence electrons. The quantitative estimate of drug-likeness (QED) is 0.447. The largest absolute Gasteiger partial charge is 0.489 e. The number of anilines is 1. The predicted octanol–water partition coefficient (Wildman–Crippen LogP) is 5.47. The van der Waals surface area contributed by atoms with Crippen molar-refractivity contribution in [3.8, 4) is 5.75 Å². The molecular weight excluding hydrogens is 366 g/mol. The number of benzene rings is 3. The molecule has 0 radical (unpaired) electrons. The summed E-state index contributed by atoms with van der Waals surface area (Å²) >= 11 is 0. The van der Waals surface area contributed by atoms with Gasteiger partial charge in [0.25, 0.3) is 5.91 Å². The van der Waals surface area contributed by atoms with Gasteiger partial charge in [0.05, 0.1) is 0 Å². The van der Waals surface area contributed by atoms with Crippen molar-refractivity contribution in [1.82, 2.24) is 0 Å². The molecule has 5 nitrogen and oxygen atoms in total. The van der Waals surface area contributed by atoms with Crippen molar-refractivity contribution in [2.75, 3.05) is 5.32 Å². The fourth-order valence-electron chi connectivity index (χ4n) is 3.07. The van der Waals surface area contributed by atoms with Gasteiger partial charge in [0.2, 0.25) is 0 Å². The summed E-state index contributed by atoms with van der Waals surface area (Å²) in [5, 5.41) is 3.66. The summed E-state index contributed by atoms with van der Waals surface area (Å²) in [5.41, 5.74) is 2.47. The van der Waals surface area contributed by atoms with Crippen LogP contribution in [0.25, 0.3) is 11.0 Å². The first-order valence-electron chi connectivity index (χ1n) is 9.22. The molecule has 0 saturated carbocycles. The molecule has 1 amide bonds. The molecular formula is C24H19NO4. The van der Waals surface area contributed by atoms with Crippen LogP contribution in [0.15, 0.2) is 83.3 Å². The minimum absolute atomic E-state index is 0.0273. The molecule has 1 aromatic heterocycles. The summed E-state index contributed by atoms with van der Waals surface area (Å²) in [6.45, 7) is 1.70. The second kappa shape index (κ2) is 8.02. The minimum atomic E-state index is -0.372. The number of fused-ring (bicyclic) bond motifs is 1. The van der Waals surface area contributed by atoms with Crippen molar-refractivity contribution in [2.24, 2.45) is 0 Å². The lowest BCUT2D eigenvalue weighted by Gasteiger charge is -2.08. The Hall–Kier alpha value is -3.86. The van der Waals surface area contributed by atoms with E-state index in [0.29, 0.717) is 28.1 Å². The standard InChI is InChI=1S/C24H19NO4/c1-16(26)17-11-13-18(14-12-17)25-24(27)23-21(15-28-19-7-3-2-4-8-19)20-9-5-6-10-22(20)29-23/h2-14H,15H2,1H3,(H,25,27). The maximum atomic E-state index is 12.9. The Balaban J connectivity index is 1.61. The molecule has 4 aromatic rings. The highest BCUT2D eigenvalue weighted by Crippen LogP contribution is 2.28. The Morgan fingerprint density at radius 3 is 2.31 bits per heavy atom. The van der Waals surface area contributed by atoms with E-state index in [-0.39, 0.29) is 24.1 Å². The van der Waals surface area contributed by atoms with Crippen molar-refractivity contribution >= 4 is 28.3 Å². The Morgan fingerprint density at radius 2 is 1.59 bits per heavy atom. The van der Waals surface area contributed by atoms with E-state index in [2.05, 4.69) is 5.32 Å². The van der Waals surface area contributed by atoms with E-state index in [1.807, 2.05) is 54.6 Å². The first kappa shape index (κ1) is 18.5. The number of hydrogen-bond donors (Lipinski definition) is 1. The van der Waals surface area contributed by atoms with Gasteiger partial charge in [0, 0.05) is 22.2 Å². The van der Waals surface area contributed by atoms with E-state index < -0.39 is 0 Å². The summed E-state index contributed by atoms with van der Waals surface area (Å²) < 4.78 is 11.7. The molecule has 0 aliphatic carbocycles. The van der Waals surface area contributed by atoms with Crippen LogP contribution in [0.4, 0.5) is 5.69 Å². The molecule has 0 unspecified atom stereocenters. The van der Waals surface area contributed by atoms with Crippen LogP contribution in [0, 0.1) is 0 Å². The van der Waals surface area contributed by atoms with Crippen molar-refractivity contribution in [3.05, 3.63) is 95.7 Å². The topological polar surface area (TPSA) is 68.5 Å². The summed E-state index contributed by atoms with van der Waals surface area (Å²) in [6, 6.07) is 23.6. The Labute approximate surface area is 167 Å². The van der Waals surface area contributed by atoms with E-state index in [0.717, 1.165) is 5.39 Å². The average Bonchev–Trinajstić information content (AvgIpc) is 3.12. The lowest BCUT2D eigenvalue weighted by molar-refractivity contribution is 0.0993. The molecule has 0 fully saturated rings. The lowest BCUT2D eigenvalue weighted by atomic mass is 10.1. The summed E-state index contributed by atoms with van der Waals surface area (Å²) in [7, 11) is 0. The minimum Gasteiger partial charge on any atom is -0.489 e. The van der Waals surface area contributed by atoms with E-state index in [4.69, 9.17) is 9.15 Å². The molecule has 0 saturated heterocycles. The molecule has 1 N–H and O–H groups in total. The lowest BCUT2D eigenvalue weighted by Crippen LogP contribution is -2.14. The molecule has 0 spiro atoms. The Bertz CT molecular complexity index is 1160. The van der Waals surface area contributed by atoms with E-state index in [1.54, 1.807) is 24.3 Å². The second-order valence-electron chi connectivity index (χ2n) is 6.60. The van der Waals surface area contributed by atoms with Gasteiger partial charge in [-0.1, -0.05) is 36.4 Å². The average molecular weight is 385 g/mol. The van der Waals surface area contributed by atoms with E-state index in [9.17, 15) is 9.59 Å². The molecule has 1 heterocycles. The third-order valence-corrected chi connectivity index (χ3v) is 4.58. The normalized spacial score (nSPS) is 10.7. The molecule has 3 aromatic carbocycles. The molecule has 5 heteroatoms. The number of ketones is 1. The van der Waals surface area contributed by atoms with Crippen molar-refractivity contribution in [3.63, 3.8) is 0 Å². The highest BCUT2D eigenvalue weighted by atomic mass is 16.5. The first-order valence-corrected chi connectivity index (χ1v) is 9.22. The zero-order chi connectivity index (χ0) is 20.2. The first-order chi connectivity index (χ1) is 14.1. The van der Waals surface area contributed by atoms with Crippen LogP contribution in [0.1, 0.15) is 33.4 Å². The summed E-state index contributed by atoms with van der Waals surface area (Å²) in [6.07, 6.45) is 0. The van der Waals surface area contributed by atoms with Gasteiger partial charge in [-0.3, -0.25) is 9.59 Å². The number of carbonyl (C=O) groups excluding carboxylic acids is 2. The van der Waals surface area contributed by atoms with Gasteiger partial charge >= 0.3 is 0 Å². The van der Waals surface area contributed by atoms with E-state index >= 15 is 0 Å². The van der Waals surface area contributed by atoms with Crippen LogP contribution < -0.4 is 10.1 Å². The third kappa shape index (κ3) is 4.04. The number of rotatable bonds is 6. The van der Waals surface area contributed by atoms with Crippen LogP contribution in [-0.4, -0.2) is 11.7 Å². The van der Waals surface area contributed by atoms with Gasteiger partial charge in [0.1, 0.15) is 17.9 Å². The fourth-order valence-corrected chi connectivity index (χ4v) is 3.07. The van der Waals surface area contributed by atoms with Crippen molar-refractivity contribution in [1.29, 1.82) is 0 Å². The number of furan rings is 1. The third-order valence-electron chi connectivity index (χ3n) is 4.58. The smallest absolute Gasteiger partial charge is 0.291 e. The van der Waals surface area contributed by atoms with Crippen molar-refractivity contribution in [2.45, 2.75) is 13.5 Å². The van der Waals surface area contributed by atoms with Gasteiger partial charge in [0.15, 0.2) is 11.5 Å². The van der Waals surface area contributed by atoms with Gasteiger partial charge in [-0.25, -0.2) is 0 Å². The fraction of sp³-hybridized carbons (Fsp3) is 0.0833. The summed E-state index contributed by atoms with van der Waals surface area (Å²) in [5.74, 6) is 0.519. The maximum Gasteiger partial charge on any atom is 0.291 e. The number of para-hydroxylation sites is 2. The zero-order valence-corrected chi connectivity index (χ0v) is 15.8. The highest BCUT2D eigenvalue weighted by molar-refractivity contribution is 6.06. The Kier molecular flexibility index (Phi) is 5.12. The predicted molar refractivity (Wildman–Crippen MR) is 111 cm³/mol. The number of nitrogens with one attached hydrogen (secondary N) is 1. The number of ether oxygens (including phenoxy) is 1. The van der Waals surface area contributed by atoms with Gasteiger partial charge in [-0.05, 0) is 49.4 Å². The molecule has 4 rings (SSSR count). The van der Waals surface area contributed by atoms with Crippen LogP contribution in [0.3, 0.4) is 0 Å². The van der Waals surface area contributed by atoms with Crippen LogP contribution in [-0.2, 0) is 6.61 Å². The second-order valence-corrected chi connectivity index (χ2v) is 6.60.